The molecule has 22 heavy (non-hydrogen) atoms. The lowest BCUT2D eigenvalue weighted by Crippen LogP contribution is -2.33. The molecule has 0 N–H and O–H groups in total. The molecule has 1 aromatic carbocycles. The van der Waals surface area contributed by atoms with E-state index in [1.807, 2.05) is 0 Å². The van der Waals surface area contributed by atoms with Gasteiger partial charge >= 0.3 is 0 Å². The van der Waals surface area contributed by atoms with Gasteiger partial charge in [0.2, 0.25) is 0 Å². The van der Waals surface area contributed by atoms with Crippen LogP contribution in [0.4, 0.5) is 0 Å². The Kier molecular flexibility index (Phi) is 5.57. The Balaban J connectivity index is 2.20. The van der Waals surface area contributed by atoms with Crippen molar-refractivity contribution in [2.24, 2.45) is 0 Å². The summed E-state index contributed by atoms with van der Waals surface area (Å²) in [6.45, 7) is 10.6. The minimum atomic E-state index is 0.181. The first-order chi connectivity index (χ1) is 10.3. The molecule has 4 heteroatoms. The highest BCUT2D eigenvalue weighted by Gasteiger charge is 2.37. The highest BCUT2D eigenvalue weighted by Crippen LogP contribution is 2.48. The van der Waals surface area contributed by atoms with Gasteiger partial charge in [-0.25, -0.2) is 0 Å². The third kappa shape index (κ3) is 3.84. The molecule has 0 spiro atoms. The maximum atomic E-state index is 5.79. The van der Waals surface area contributed by atoms with Crippen molar-refractivity contribution in [3.8, 4) is 5.75 Å². The Hall–Kier alpha value is -0.580. The van der Waals surface area contributed by atoms with Crippen molar-refractivity contribution in [1.29, 1.82) is 0 Å². The summed E-state index contributed by atoms with van der Waals surface area (Å²) < 4.78 is 17.1. The molecule has 124 valence electrons. The van der Waals surface area contributed by atoms with Crippen LogP contribution in [0.25, 0.3) is 0 Å². The Morgan fingerprint density at radius 2 is 1.59 bits per heavy atom. The molecule has 1 aliphatic carbocycles. The number of halogens is 1. The molecule has 0 aromatic heterocycles. The minimum Gasteiger partial charge on any atom is -0.466 e. The zero-order valence-corrected chi connectivity index (χ0v) is 15.9. The van der Waals surface area contributed by atoms with Gasteiger partial charge in [0.05, 0.1) is 17.7 Å². The van der Waals surface area contributed by atoms with Crippen molar-refractivity contribution < 1.29 is 14.2 Å². The predicted octanol–water partition coefficient (Wildman–Crippen LogP) is 4.80. The zero-order chi connectivity index (χ0) is 16.4. The van der Waals surface area contributed by atoms with Crippen LogP contribution in [-0.2, 0) is 20.3 Å². The smallest absolute Gasteiger partial charge is 0.189 e. The Morgan fingerprint density at radius 1 is 1.00 bits per heavy atom. The Bertz CT molecular complexity index is 523. The standard InChI is InChI=1S/C18H27BrO3/c1-17(2)6-7-18(3,4)14-11-16(15(19)10-13(14)17)22-12-21-9-8-20-5/h10-11H,6-9,12H2,1-5H3. The number of hydrogen-bond acceptors (Lipinski definition) is 3. The van der Waals surface area contributed by atoms with Crippen LogP contribution in [0.15, 0.2) is 16.6 Å². The van der Waals surface area contributed by atoms with Crippen LogP contribution in [0.1, 0.15) is 51.7 Å². The van der Waals surface area contributed by atoms with Crippen molar-refractivity contribution in [1.82, 2.24) is 0 Å². The largest absolute Gasteiger partial charge is 0.466 e. The minimum absolute atomic E-state index is 0.181. The highest BCUT2D eigenvalue weighted by molar-refractivity contribution is 9.10. The van der Waals surface area contributed by atoms with Gasteiger partial charge in [-0.05, 0) is 62.9 Å². The summed E-state index contributed by atoms with van der Waals surface area (Å²) >= 11 is 3.64. The van der Waals surface area contributed by atoms with Crippen LogP contribution in [0.3, 0.4) is 0 Å². The van der Waals surface area contributed by atoms with Gasteiger partial charge in [-0.3, -0.25) is 0 Å². The Morgan fingerprint density at radius 3 is 2.18 bits per heavy atom. The zero-order valence-electron chi connectivity index (χ0n) is 14.3. The molecule has 0 saturated carbocycles. The average molecular weight is 371 g/mol. The third-order valence-corrected chi connectivity index (χ3v) is 5.25. The van der Waals surface area contributed by atoms with Crippen molar-refractivity contribution in [3.63, 3.8) is 0 Å². The van der Waals surface area contributed by atoms with Gasteiger partial charge in [0.15, 0.2) is 6.79 Å². The number of methoxy groups -OCH3 is 1. The molecular weight excluding hydrogens is 344 g/mol. The van der Waals surface area contributed by atoms with Crippen LogP contribution in [0.5, 0.6) is 5.75 Å². The van der Waals surface area contributed by atoms with Crippen molar-refractivity contribution in [2.75, 3.05) is 27.1 Å². The first-order valence-electron chi connectivity index (χ1n) is 7.82. The first kappa shape index (κ1) is 17.8. The molecule has 3 nitrogen and oxygen atoms in total. The molecule has 0 heterocycles. The lowest BCUT2D eigenvalue weighted by Gasteiger charge is -2.42. The molecule has 0 amide bonds. The van der Waals surface area contributed by atoms with E-state index in [1.54, 1.807) is 7.11 Å². The molecule has 0 bridgehead atoms. The number of benzene rings is 1. The lowest BCUT2D eigenvalue weighted by atomic mass is 9.63. The van der Waals surface area contributed by atoms with E-state index in [9.17, 15) is 0 Å². The average Bonchev–Trinajstić information content (AvgIpc) is 2.45. The number of hydrogen-bond donors (Lipinski definition) is 0. The SMILES string of the molecule is COCCOCOc1cc2c(cc1Br)C(C)(C)CCC2(C)C. The van der Waals surface area contributed by atoms with Gasteiger partial charge in [0.25, 0.3) is 0 Å². The summed E-state index contributed by atoms with van der Waals surface area (Å²) in [5.41, 5.74) is 3.20. The van der Waals surface area contributed by atoms with Gasteiger partial charge in [-0.15, -0.1) is 0 Å². The summed E-state index contributed by atoms with van der Waals surface area (Å²) in [5, 5.41) is 0. The molecular formula is C18H27BrO3. The molecule has 0 radical (unpaired) electrons. The number of ether oxygens (including phenoxy) is 3. The fourth-order valence-corrected chi connectivity index (χ4v) is 3.44. The van der Waals surface area contributed by atoms with E-state index in [0.29, 0.717) is 13.2 Å². The summed E-state index contributed by atoms with van der Waals surface area (Å²) in [7, 11) is 1.66. The van der Waals surface area contributed by atoms with Crippen LogP contribution >= 0.6 is 15.9 Å². The molecule has 1 aliphatic rings. The first-order valence-corrected chi connectivity index (χ1v) is 8.61. The van der Waals surface area contributed by atoms with Gasteiger partial charge in [-0.1, -0.05) is 27.7 Å². The number of rotatable bonds is 6. The summed E-state index contributed by atoms with van der Waals surface area (Å²) in [6.07, 6.45) is 2.40. The molecule has 0 saturated heterocycles. The predicted molar refractivity (Wildman–Crippen MR) is 92.8 cm³/mol. The van der Waals surface area contributed by atoms with Crippen LogP contribution in [0.2, 0.25) is 0 Å². The van der Waals surface area contributed by atoms with E-state index in [4.69, 9.17) is 14.2 Å². The van der Waals surface area contributed by atoms with Crippen LogP contribution in [0, 0.1) is 0 Å². The normalized spacial score (nSPS) is 18.8. The van der Waals surface area contributed by atoms with E-state index in [2.05, 4.69) is 55.8 Å². The quantitative estimate of drug-likeness (QED) is 0.531. The van der Waals surface area contributed by atoms with E-state index in [0.717, 1.165) is 10.2 Å². The molecule has 2 rings (SSSR count). The fourth-order valence-electron chi connectivity index (χ4n) is 2.98. The maximum Gasteiger partial charge on any atom is 0.189 e. The second-order valence-corrected chi connectivity index (χ2v) is 8.11. The van der Waals surface area contributed by atoms with Crippen molar-refractivity contribution in [3.05, 3.63) is 27.7 Å². The topological polar surface area (TPSA) is 27.7 Å². The van der Waals surface area contributed by atoms with E-state index < -0.39 is 0 Å². The van der Waals surface area contributed by atoms with E-state index in [1.165, 1.54) is 24.0 Å². The van der Waals surface area contributed by atoms with Crippen molar-refractivity contribution in [2.45, 2.75) is 51.4 Å². The molecule has 0 atom stereocenters. The summed E-state index contributed by atoms with van der Waals surface area (Å²) in [5.74, 6) is 0.849. The van der Waals surface area contributed by atoms with Crippen LogP contribution < -0.4 is 4.74 Å². The second kappa shape index (κ2) is 6.90. The van der Waals surface area contributed by atoms with E-state index in [-0.39, 0.29) is 17.6 Å². The van der Waals surface area contributed by atoms with Crippen molar-refractivity contribution >= 4 is 15.9 Å². The highest BCUT2D eigenvalue weighted by atomic mass is 79.9. The summed E-state index contributed by atoms with van der Waals surface area (Å²) in [4.78, 5) is 0. The monoisotopic (exact) mass is 370 g/mol. The van der Waals surface area contributed by atoms with Crippen LogP contribution in [-0.4, -0.2) is 27.1 Å². The fraction of sp³-hybridized carbons (Fsp3) is 0.667. The Labute approximate surface area is 142 Å². The molecule has 0 fully saturated rings. The van der Waals surface area contributed by atoms with Gasteiger partial charge in [0, 0.05) is 7.11 Å². The maximum absolute atomic E-state index is 5.79. The van der Waals surface area contributed by atoms with Gasteiger partial charge < -0.3 is 14.2 Å². The van der Waals surface area contributed by atoms with Gasteiger partial charge in [-0.2, -0.15) is 0 Å². The number of fused-ring (bicyclic) bond motifs is 1. The third-order valence-electron chi connectivity index (χ3n) is 4.63. The van der Waals surface area contributed by atoms with E-state index >= 15 is 0 Å². The molecule has 0 aliphatic heterocycles. The summed E-state index contributed by atoms with van der Waals surface area (Å²) in [6, 6.07) is 4.40. The second-order valence-electron chi connectivity index (χ2n) is 7.26. The van der Waals surface area contributed by atoms with Gasteiger partial charge in [0.1, 0.15) is 5.75 Å². The molecule has 1 aromatic rings. The lowest BCUT2D eigenvalue weighted by molar-refractivity contribution is -0.00889. The molecule has 0 unspecified atom stereocenters.